The maximum atomic E-state index is 13.0. The molecule has 138 valence electrons. The van der Waals surface area contributed by atoms with Crippen LogP contribution in [0.3, 0.4) is 0 Å². The van der Waals surface area contributed by atoms with E-state index in [-0.39, 0.29) is 24.1 Å². The summed E-state index contributed by atoms with van der Waals surface area (Å²) in [6, 6.07) is 7.97. The molecule has 0 unspecified atom stereocenters. The number of carbonyl (C=O) groups excluding carboxylic acids is 2. The minimum absolute atomic E-state index is 0.0222. The molecule has 2 amide bonds. The Labute approximate surface area is 153 Å². The van der Waals surface area contributed by atoms with Gasteiger partial charge >= 0.3 is 0 Å². The summed E-state index contributed by atoms with van der Waals surface area (Å²) in [6.07, 6.45) is 5.31. The SMILES string of the molecule is Cn1ccc(CC(=O)N2CCCN(C(=O)Cc3ccc(F)cc3)CC2)c1. The number of halogens is 1. The Morgan fingerprint density at radius 2 is 1.46 bits per heavy atom. The van der Waals surface area contributed by atoms with E-state index in [4.69, 9.17) is 0 Å². The number of aryl methyl sites for hydroxylation is 1. The van der Waals surface area contributed by atoms with Gasteiger partial charge in [-0.3, -0.25) is 9.59 Å². The van der Waals surface area contributed by atoms with E-state index in [1.54, 1.807) is 17.0 Å². The molecule has 0 spiro atoms. The van der Waals surface area contributed by atoms with Crippen LogP contribution in [0.1, 0.15) is 17.5 Å². The van der Waals surface area contributed by atoms with Gasteiger partial charge in [-0.1, -0.05) is 12.1 Å². The van der Waals surface area contributed by atoms with E-state index in [2.05, 4.69) is 0 Å². The molecule has 0 saturated carbocycles. The molecule has 26 heavy (non-hydrogen) atoms. The molecule has 1 fully saturated rings. The molecular formula is C20H24FN3O2. The van der Waals surface area contributed by atoms with Crippen molar-refractivity contribution >= 4 is 11.8 Å². The molecule has 0 atom stereocenters. The fourth-order valence-corrected chi connectivity index (χ4v) is 3.26. The van der Waals surface area contributed by atoms with Crippen molar-refractivity contribution in [2.24, 2.45) is 7.05 Å². The van der Waals surface area contributed by atoms with E-state index in [1.807, 2.05) is 35.0 Å². The second-order valence-corrected chi connectivity index (χ2v) is 6.78. The fraction of sp³-hybridized carbons (Fsp3) is 0.400. The van der Waals surface area contributed by atoms with Crippen LogP contribution in [0.2, 0.25) is 0 Å². The lowest BCUT2D eigenvalue weighted by atomic mass is 10.1. The van der Waals surface area contributed by atoms with Crippen LogP contribution in [-0.2, 0) is 29.5 Å². The lowest BCUT2D eigenvalue weighted by Gasteiger charge is -2.22. The Morgan fingerprint density at radius 3 is 2.00 bits per heavy atom. The topological polar surface area (TPSA) is 45.6 Å². The molecular weight excluding hydrogens is 333 g/mol. The predicted octanol–water partition coefficient (Wildman–Crippen LogP) is 2.01. The first-order valence-electron chi connectivity index (χ1n) is 8.92. The predicted molar refractivity (Wildman–Crippen MR) is 97.0 cm³/mol. The Bertz CT molecular complexity index is 770. The summed E-state index contributed by atoms with van der Waals surface area (Å²) in [6.45, 7) is 2.42. The van der Waals surface area contributed by atoms with Gasteiger partial charge in [0.25, 0.3) is 0 Å². The van der Waals surface area contributed by atoms with Crippen molar-refractivity contribution in [1.82, 2.24) is 14.4 Å². The molecule has 0 N–H and O–H groups in total. The number of hydrogen-bond donors (Lipinski definition) is 0. The number of carbonyl (C=O) groups is 2. The van der Waals surface area contributed by atoms with E-state index >= 15 is 0 Å². The Balaban J connectivity index is 1.53. The summed E-state index contributed by atoms with van der Waals surface area (Å²) in [5, 5.41) is 0. The van der Waals surface area contributed by atoms with Crippen molar-refractivity contribution in [3.05, 3.63) is 59.7 Å². The standard InChI is InChI=1S/C20H24FN3O2/c1-22-10-7-17(15-22)14-20(26)24-9-2-8-23(11-12-24)19(25)13-16-3-5-18(21)6-4-16/h3-7,10,15H,2,8-9,11-14H2,1H3. The summed E-state index contributed by atoms with van der Waals surface area (Å²) in [7, 11) is 1.94. The van der Waals surface area contributed by atoms with Crippen molar-refractivity contribution in [3.8, 4) is 0 Å². The summed E-state index contributed by atoms with van der Waals surface area (Å²) in [4.78, 5) is 28.7. The van der Waals surface area contributed by atoms with Crippen LogP contribution < -0.4 is 0 Å². The van der Waals surface area contributed by atoms with Gasteiger partial charge in [-0.05, 0) is 35.7 Å². The molecule has 6 heteroatoms. The maximum absolute atomic E-state index is 13.0. The molecule has 2 heterocycles. The van der Waals surface area contributed by atoms with Crippen LogP contribution in [0, 0.1) is 5.82 Å². The Hall–Kier alpha value is -2.63. The van der Waals surface area contributed by atoms with Gasteiger partial charge in [-0.15, -0.1) is 0 Å². The molecule has 1 aliphatic heterocycles. The zero-order valence-electron chi connectivity index (χ0n) is 15.0. The molecule has 0 radical (unpaired) electrons. The fourth-order valence-electron chi connectivity index (χ4n) is 3.26. The van der Waals surface area contributed by atoms with Crippen LogP contribution in [0.25, 0.3) is 0 Å². The number of hydrogen-bond acceptors (Lipinski definition) is 2. The van der Waals surface area contributed by atoms with Crippen LogP contribution >= 0.6 is 0 Å². The largest absolute Gasteiger partial charge is 0.357 e. The highest BCUT2D eigenvalue weighted by Gasteiger charge is 2.22. The molecule has 3 rings (SSSR count). The average molecular weight is 357 g/mol. The third-order valence-corrected chi connectivity index (χ3v) is 4.72. The first kappa shape index (κ1) is 18.2. The second-order valence-electron chi connectivity index (χ2n) is 6.78. The van der Waals surface area contributed by atoms with Gasteiger partial charge in [0.2, 0.25) is 11.8 Å². The first-order valence-corrected chi connectivity index (χ1v) is 8.92. The summed E-state index contributed by atoms with van der Waals surface area (Å²) in [5.41, 5.74) is 1.81. The number of benzene rings is 1. The quantitative estimate of drug-likeness (QED) is 0.840. The zero-order chi connectivity index (χ0) is 18.5. The highest BCUT2D eigenvalue weighted by Crippen LogP contribution is 2.11. The summed E-state index contributed by atoms with van der Waals surface area (Å²) >= 11 is 0. The van der Waals surface area contributed by atoms with Gasteiger partial charge in [0, 0.05) is 45.6 Å². The third kappa shape index (κ3) is 4.71. The molecule has 5 nitrogen and oxygen atoms in total. The summed E-state index contributed by atoms with van der Waals surface area (Å²) < 4.78 is 14.9. The van der Waals surface area contributed by atoms with E-state index < -0.39 is 0 Å². The van der Waals surface area contributed by atoms with Gasteiger partial charge in [0.1, 0.15) is 5.82 Å². The highest BCUT2D eigenvalue weighted by molar-refractivity contribution is 5.80. The zero-order valence-corrected chi connectivity index (χ0v) is 15.0. The van der Waals surface area contributed by atoms with Crippen LogP contribution in [-0.4, -0.2) is 52.4 Å². The van der Waals surface area contributed by atoms with Crippen LogP contribution in [0.4, 0.5) is 4.39 Å². The average Bonchev–Trinajstić information content (AvgIpc) is 2.87. The normalized spacial score (nSPS) is 15.0. The molecule has 1 aliphatic rings. The summed E-state index contributed by atoms with van der Waals surface area (Å²) in [5.74, 6) is -0.179. The smallest absolute Gasteiger partial charge is 0.227 e. The molecule has 0 bridgehead atoms. The van der Waals surface area contributed by atoms with Gasteiger partial charge in [0.15, 0.2) is 0 Å². The van der Waals surface area contributed by atoms with E-state index in [1.165, 1.54) is 12.1 Å². The minimum Gasteiger partial charge on any atom is -0.357 e. The number of amides is 2. The van der Waals surface area contributed by atoms with Crippen molar-refractivity contribution in [3.63, 3.8) is 0 Å². The second kappa shape index (κ2) is 8.17. The van der Waals surface area contributed by atoms with Gasteiger partial charge in [-0.2, -0.15) is 0 Å². The van der Waals surface area contributed by atoms with Gasteiger partial charge in [-0.25, -0.2) is 4.39 Å². The van der Waals surface area contributed by atoms with Crippen molar-refractivity contribution < 1.29 is 14.0 Å². The van der Waals surface area contributed by atoms with E-state index in [9.17, 15) is 14.0 Å². The van der Waals surface area contributed by atoms with Crippen molar-refractivity contribution in [1.29, 1.82) is 0 Å². The van der Waals surface area contributed by atoms with Crippen LogP contribution in [0.15, 0.2) is 42.7 Å². The first-order chi connectivity index (χ1) is 12.5. The maximum Gasteiger partial charge on any atom is 0.227 e. The monoisotopic (exact) mass is 357 g/mol. The van der Waals surface area contributed by atoms with Crippen molar-refractivity contribution in [2.75, 3.05) is 26.2 Å². The molecule has 2 aromatic rings. The molecule has 1 aromatic carbocycles. The van der Waals surface area contributed by atoms with Crippen molar-refractivity contribution in [2.45, 2.75) is 19.3 Å². The molecule has 0 aliphatic carbocycles. The number of aromatic nitrogens is 1. The lowest BCUT2D eigenvalue weighted by molar-refractivity contribution is -0.132. The Kier molecular flexibility index (Phi) is 5.71. The number of rotatable bonds is 4. The minimum atomic E-state index is -0.302. The van der Waals surface area contributed by atoms with Gasteiger partial charge in [0.05, 0.1) is 12.8 Å². The third-order valence-electron chi connectivity index (χ3n) is 4.72. The van der Waals surface area contributed by atoms with E-state index in [0.717, 1.165) is 17.5 Å². The Morgan fingerprint density at radius 1 is 0.885 bits per heavy atom. The molecule has 1 saturated heterocycles. The number of nitrogens with zero attached hydrogens (tertiary/aromatic N) is 3. The highest BCUT2D eigenvalue weighted by atomic mass is 19.1. The van der Waals surface area contributed by atoms with Crippen LogP contribution in [0.5, 0.6) is 0 Å². The van der Waals surface area contributed by atoms with Gasteiger partial charge < -0.3 is 14.4 Å². The van der Waals surface area contributed by atoms with E-state index in [0.29, 0.717) is 32.6 Å². The lowest BCUT2D eigenvalue weighted by Crippen LogP contribution is -2.38. The molecule has 1 aromatic heterocycles.